The number of ether oxygens (including phenoxy) is 2. The van der Waals surface area contributed by atoms with Crippen LogP contribution in [0.3, 0.4) is 0 Å². The number of aromatic nitrogens is 1. The molecule has 132 valence electrons. The van der Waals surface area contributed by atoms with Crippen LogP contribution in [0.1, 0.15) is 5.56 Å². The summed E-state index contributed by atoms with van der Waals surface area (Å²) in [5.41, 5.74) is 1.72. The van der Waals surface area contributed by atoms with E-state index in [2.05, 4.69) is 10.3 Å². The molecule has 8 heteroatoms. The first-order chi connectivity index (χ1) is 12.6. The number of halogens is 2. The zero-order chi connectivity index (χ0) is 18.1. The number of benzene rings is 2. The van der Waals surface area contributed by atoms with Crippen molar-refractivity contribution in [2.24, 2.45) is 0 Å². The number of hydrogen-bond acceptors (Lipinski definition) is 5. The Hall–Kier alpha value is -2.64. The van der Waals surface area contributed by atoms with E-state index in [9.17, 15) is 9.18 Å². The molecule has 0 fully saturated rings. The van der Waals surface area contributed by atoms with Gasteiger partial charge in [0.05, 0.1) is 12.1 Å². The molecule has 3 aromatic rings. The molecule has 2 heterocycles. The highest BCUT2D eigenvalue weighted by Gasteiger charge is 2.16. The van der Waals surface area contributed by atoms with E-state index in [0.717, 1.165) is 5.56 Å². The summed E-state index contributed by atoms with van der Waals surface area (Å²) >= 11 is 7.24. The predicted molar refractivity (Wildman–Crippen MR) is 97.4 cm³/mol. The number of rotatable bonds is 4. The van der Waals surface area contributed by atoms with E-state index < -0.39 is 5.82 Å². The van der Waals surface area contributed by atoms with E-state index in [-0.39, 0.29) is 29.7 Å². The summed E-state index contributed by atoms with van der Waals surface area (Å²) in [5, 5.41) is 5.15. The van der Waals surface area contributed by atoms with Gasteiger partial charge in [-0.05, 0) is 30.3 Å². The third-order valence-corrected chi connectivity index (χ3v) is 4.93. The number of thiazole rings is 1. The molecule has 0 atom stereocenters. The summed E-state index contributed by atoms with van der Waals surface area (Å²) in [6.07, 6.45) is -0.162. The van der Waals surface area contributed by atoms with Crippen LogP contribution in [0.25, 0.3) is 11.3 Å². The molecule has 5 nitrogen and oxygen atoms in total. The number of fused-ring (bicyclic) bond motifs is 1. The van der Waals surface area contributed by atoms with Crippen LogP contribution in [-0.4, -0.2) is 17.7 Å². The first kappa shape index (κ1) is 16.8. The lowest BCUT2D eigenvalue weighted by molar-refractivity contribution is -0.115. The van der Waals surface area contributed by atoms with Crippen molar-refractivity contribution in [2.45, 2.75) is 6.42 Å². The fourth-order valence-electron chi connectivity index (χ4n) is 2.54. The molecule has 0 radical (unpaired) electrons. The van der Waals surface area contributed by atoms with Crippen molar-refractivity contribution in [2.75, 3.05) is 12.1 Å². The number of nitrogens with one attached hydrogen (secondary N) is 1. The fraction of sp³-hybridized carbons (Fsp3) is 0.111. The molecule has 1 amide bonds. The van der Waals surface area contributed by atoms with Crippen molar-refractivity contribution in [3.63, 3.8) is 0 Å². The van der Waals surface area contributed by atoms with Crippen molar-refractivity contribution >= 4 is 34.0 Å². The third kappa shape index (κ3) is 3.36. The van der Waals surface area contributed by atoms with Crippen molar-refractivity contribution in [1.29, 1.82) is 0 Å². The van der Waals surface area contributed by atoms with Gasteiger partial charge in [-0.2, -0.15) is 0 Å². The lowest BCUT2D eigenvalue weighted by atomic mass is 10.1. The smallest absolute Gasteiger partial charge is 0.231 e. The van der Waals surface area contributed by atoms with Gasteiger partial charge in [0, 0.05) is 21.5 Å². The standard InChI is InChI=1S/C18H12ClFN2O3S/c19-12-2-1-3-13(20)11(12)7-17(23)22-18-21-14(8-26-18)10-4-5-15-16(6-10)25-9-24-15/h1-6,8H,7,9H2,(H,21,22,23). The molecule has 0 saturated heterocycles. The van der Waals surface area contributed by atoms with Gasteiger partial charge in [0.1, 0.15) is 5.82 Å². The molecule has 1 N–H and O–H groups in total. The van der Waals surface area contributed by atoms with Crippen molar-refractivity contribution in [1.82, 2.24) is 4.98 Å². The van der Waals surface area contributed by atoms with E-state index in [1.807, 2.05) is 23.6 Å². The maximum Gasteiger partial charge on any atom is 0.231 e. The highest BCUT2D eigenvalue weighted by atomic mass is 35.5. The second kappa shape index (κ2) is 6.93. The Labute approximate surface area is 157 Å². The minimum absolute atomic E-state index is 0.162. The Balaban J connectivity index is 1.47. The summed E-state index contributed by atoms with van der Waals surface area (Å²) in [7, 11) is 0. The molecule has 1 aliphatic heterocycles. The highest BCUT2D eigenvalue weighted by Crippen LogP contribution is 2.36. The Morgan fingerprint density at radius 1 is 1.27 bits per heavy atom. The minimum Gasteiger partial charge on any atom is -0.454 e. The Morgan fingerprint density at radius 3 is 2.96 bits per heavy atom. The van der Waals surface area contributed by atoms with Gasteiger partial charge in [0.15, 0.2) is 16.6 Å². The number of anilines is 1. The summed E-state index contributed by atoms with van der Waals surface area (Å²) in [6.45, 7) is 0.204. The van der Waals surface area contributed by atoms with Crippen LogP contribution < -0.4 is 14.8 Å². The highest BCUT2D eigenvalue weighted by molar-refractivity contribution is 7.14. The van der Waals surface area contributed by atoms with Gasteiger partial charge in [-0.25, -0.2) is 9.37 Å². The fourth-order valence-corrected chi connectivity index (χ4v) is 3.51. The molecule has 0 bridgehead atoms. The van der Waals surface area contributed by atoms with E-state index in [4.69, 9.17) is 21.1 Å². The first-order valence-electron chi connectivity index (χ1n) is 7.68. The Kier molecular flexibility index (Phi) is 4.48. The van der Waals surface area contributed by atoms with Crippen LogP contribution in [0.5, 0.6) is 11.5 Å². The molecule has 0 aliphatic carbocycles. The van der Waals surface area contributed by atoms with E-state index in [1.54, 1.807) is 6.07 Å². The Morgan fingerprint density at radius 2 is 2.12 bits per heavy atom. The number of amides is 1. The van der Waals surface area contributed by atoms with E-state index in [1.165, 1.54) is 23.5 Å². The lowest BCUT2D eigenvalue weighted by Gasteiger charge is -2.05. The van der Waals surface area contributed by atoms with Gasteiger partial charge in [0.25, 0.3) is 0 Å². The molecule has 1 aromatic heterocycles. The largest absolute Gasteiger partial charge is 0.454 e. The van der Waals surface area contributed by atoms with Gasteiger partial charge in [-0.1, -0.05) is 17.7 Å². The number of nitrogens with zero attached hydrogens (tertiary/aromatic N) is 1. The van der Waals surface area contributed by atoms with Crippen molar-refractivity contribution < 1.29 is 18.7 Å². The van der Waals surface area contributed by atoms with Crippen LogP contribution in [0.15, 0.2) is 41.8 Å². The maximum absolute atomic E-state index is 13.8. The zero-order valence-electron chi connectivity index (χ0n) is 13.3. The number of carbonyl (C=O) groups excluding carboxylic acids is 1. The average Bonchev–Trinajstić information content (AvgIpc) is 3.26. The first-order valence-corrected chi connectivity index (χ1v) is 8.94. The zero-order valence-corrected chi connectivity index (χ0v) is 14.9. The van der Waals surface area contributed by atoms with Crippen LogP contribution in [0, 0.1) is 5.82 Å². The second-order valence-corrected chi connectivity index (χ2v) is 6.80. The maximum atomic E-state index is 13.8. The molecule has 26 heavy (non-hydrogen) atoms. The summed E-state index contributed by atoms with van der Waals surface area (Å²) < 4.78 is 24.4. The van der Waals surface area contributed by atoms with Crippen LogP contribution in [0.4, 0.5) is 9.52 Å². The topological polar surface area (TPSA) is 60.5 Å². The van der Waals surface area contributed by atoms with Gasteiger partial charge in [-0.3, -0.25) is 4.79 Å². The summed E-state index contributed by atoms with van der Waals surface area (Å²) in [4.78, 5) is 16.6. The van der Waals surface area contributed by atoms with Gasteiger partial charge in [0.2, 0.25) is 12.7 Å². The van der Waals surface area contributed by atoms with E-state index >= 15 is 0 Å². The van der Waals surface area contributed by atoms with Crippen LogP contribution >= 0.6 is 22.9 Å². The average molecular weight is 391 g/mol. The molecular formula is C18H12ClFN2O3S. The predicted octanol–water partition coefficient (Wildman–Crippen LogP) is 4.51. The third-order valence-electron chi connectivity index (χ3n) is 3.82. The second-order valence-electron chi connectivity index (χ2n) is 5.53. The molecule has 1 aliphatic rings. The van der Waals surface area contributed by atoms with Gasteiger partial charge >= 0.3 is 0 Å². The molecular weight excluding hydrogens is 379 g/mol. The lowest BCUT2D eigenvalue weighted by Crippen LogP contribution is -2.15. The molecule has 0 saturated carbocycles. The minimum atomic E-state index is -0.507. The van der Waals surface area contributed by atoms with Gasteiger partial charge in [-0.15, -0.1) is 11.3 Å². The number of hydrogen-bond donors (Lipinski definition) is 1. The molecule has 0 unspecified atom stereocenters. The van der Waals surface area contributed by atoms with E-state index in [0.29, 0.717) is 22.3 Å². The normalized spacial score (nSPS) is 12.2. The van der Waals surface area contributed by atoms with Crippen molar-refractivity contribution in [3.05, 3.63) is 58.2 Å². The quantitative estimate of drug-likeness (QED) is 0.711. The van der Waals surface area contributed by atoms with Crippen LogP contribution in [-0.2, 0) is 11.2 Å². The van der Waals surface area contributed by atoms with Crippen LogP contribution in [0.2, 0.25) is 5.02 Å². The molecule has 0 spiro atoms. The number of carbonyl (C=O) groups is 1. The summed E-state index contributed by atoms with van der Waals surface area (Å²) in [6, 6.07) is 9.84. The van der Waals surface area contributed by atoms with Crippen molar-refractivity contribution in [3.8, 4) is 22.8 Å². The van der Waals surface area contributed by atoms with Gasteiger partial charge < -0.3 is 14.8 Å². The molecule has 4 rings (SSSR count). The Bertz CT molecular complexity index is 972. The SMILES string of the molecule is O=C(Cc1c(F)cccc1Cl)Nc1nc(-c2ccc3c(c2)OCO3)cs1. The monoisotopic (exact) mass is 390 g/mol. The summed E-state index contributed by atoms with van der Waals surface area (Å²) in [5.74, 6) is 0.464. The molecule has 2 aromatic carbocycles.